The summed E-state index contributed by atoms with van der Waals surface area (Å²) in [7, 11) is 3.10. The van der Waals surface area contributed by atoms with Crippen LogP contribution in [0.4, 0.5) is 5.13 Å². The number of carbonyl (C=O) groups is 1. The molecule has 31 heavy (non-hydrogen) atoms. The Kier molecular flexibility index (Phi) is 4.74. The predicted molar refractivity (Wildman–Crippen MR) is 117 cm³/mol. The summed E-state index contributed by atoms with van der Waals surface area (Å²) in [6.45, 7) is 1.00. The highest BCUT2D eigenvalue weighted by atomic mass is 32.1. The minimum absolute atomic E-state index is 0.135. The van der Waals surface area contributed by atoms with E-state index in [1.165, 1.54) is 13.2 Å². The van der Waals surface area contributed by atoms with Crippen LogP contribution in [0.25, 0.3) is 21.2 Å². The fourth-order valence-corrected chi connectivity index (χ4v) is 4.52. The first-order chi connectivity index (χ1) is 15.1. The van der Waals surface area contributed by atoms with Gasteiger partial charge in [-0.15, -0.1) is 0 Å². The molecule has 1 aliphatic heterocycles. The van der Waals surface area contributed by atoms with Crippen LogP contribution in [0.1, 0.15) is 10.4 Å². The number of esters is 1. The molecule has 0 unspecified atom stereocenters. The van der Waals surface area contributed by atoms with Gasteiger partial charge in [-0.2, -0.15) is 0 Å². The van der Waals surface area contributed by atoms with E-state index in [9.17, 15) is 9.59 Å². The lowest BCUT2D eigenvalue weighted by atomic mass is 10.1. The fraction of sp³-hybridized carbons (Fsp3) is 0.227. The van der Waals surface area contributed by atoms with Crippen molar-refractivity contribution in [1.29, 1.82) is 0 Å². The van der Waals surface area contributed by atoms with Crippen molar-refractivity contribution in [2.24, 2.45) is 0 Å². The number of anilines is 1. The summed E-state index contributed by atoms with van der Waals surface area (Å²) in [5.41, 5.74) is 0.225. The number of nitrogens with zero attached hydrogens (tertiary/aromatic N) is 2. The van der Waals surface area contributed by atoms with E-state index in [-0.39, 0.29) is 11.7 Å². The summed E-state index contributed by atoms with van der Waals surface area (Å²) < 4.78 is 22.4. The number of carbonyl (C=O) groups excluding carboxylic acids is 1. The Hall–Kier alpha value is -3.59. The average molecular weight is 438 g/mol. The number of ether oxygens (including phenoxy) is 3. The monoisotopic (exact) mass is 438 g/mol. The number of fused-ring (bicyclic) bond motifs is 2. The van der Waals surface area contributed by atoms with E-state index in [0.717, 1.165) is 21.1 Å². The molecule has 8 nitrogen and oxygen atoms in total. The summed E-state index contributed by atoms with van der Waals surface area (Å²) in [5.74, 6) is 0.453. The van der Waals surface area contributed by atoms with Crippen molar-refractivity contribution < 1.29 is 23.4 Å². The number of methoxy groups -OCH3 is 2. The van der Waals surface area contributed by atoms with Crippen molar-refractivity contribution in [3.8, 4) is 11.5 Å². The molecule has 5 rings (SSSR count). The first-order valence-corrected chi connectivity index (χ1v) is 10.4. The van der Waals surface area contributed by atoms with Gasteiger partial charge in [-0.1, -0.05) is 29.5 Å². The second kappa shape index (κ2) is 7.59. The largest absolute Gasteiger partial charge is 0.494 e. The Labute approximate surface area is 180 Å². The third-order valence-electron chi connectivity index (χ3n) is 5.15. The van der Waals surface area contributed by atoms with Gasteiger partial charge in [-0.25, -0.2) is 14.6 Å². The third kappa shape index (κ3) is 3.36. The zero-order valence-electron chi connectivity index (χ0n) is 16.8. The molecule has 158 valence electrons. The minimum atomic E-state index is -0.753. The van der Waals surface area contributed by atoms with Crippen LogP contribution >= 0.6 is 11.3 Å². The molecular weight excluding hydrogens is 420 g/mol. The SMILES string of the molecule is COc1cccc2sc(N3CC(OC(=O)c4cc5cccc(OC)c5oc4=O)C3)nc12. The molecule has 1 fully saturated rings. The van der Waals surface area contributed by atoms with Crippen LogP contribution < -0.4 is 20.0 Å². The van der Waals surface area contributed by atoms with Crippen LogP contribution in [-0.4, -0.2) is 44.4 Å². The second-order valence-corrected chi connectivity index (χ2v) is 8.07. The second-order valence-electron chi connectivity index (χ2n) is 7.06. The van der Waals surface area contributed by atoms with Crippen molar-refractivity contribution >= 4 is 43.6 Å². The maximum Gasteiger partial charge on any atom is 0.351 e. The standard InChI is InChI=1S/C22H18N2O6S/c1-27-15-6-4-8-17-18(15)23-22(31-17)24-10-13(11-24)29-20(25)14-9-12-5-3-7-16(28-2)19(12)30-21(14)26/h3-9,13H,10-11H2,1-2H3. The van der Waals surface area contributed by atoms with Crippen LogP contribution in [0.2, 0.25) is 0 Å². The predicted octanol–water partition coefficient (Wildman–Crippen LogP) is 3.47. The quantitative estimate of drug-likeness (QED) is 0.346. The molecule has 0 atom stereocenters. The van der Waals surface area contributed by atoms with Gasteiger partial charge in [0.15, 0.2) is 16.5 Å². The smallest absolute Gasteiger partial charge is 0.351 e. The van der Waals surface area contributed by atoms with Crippen LogP contribution in [-0.2, 0) is 4.74 Å². The average Bonchev–Trinajstić information content (AvgIpc) is 3.18. The van der Waals surface area contributed by atoms with Crippen molar-refractivity contribution in [3.63, 3.8) is 0 Å². The Morgan fingerprint density at radius 2 is 1.87 bits per heavy atom. The molecule has 0 bridgehead atoms. The Balaban J connectivity index is 1.30. The van der Waals surface area contributed by atoms with Gasteiger partial charge >= 0.3 is 11.6 Å². The van der Waals surface area contributed by atoms with Crippen LogP contribution in [0.5, 0.6) is 11.5 Å². The molecule has 0 spiro atoms. The number of thiazole rings is 1. The number of benzene rings is 2. The highest BCUT2D eigenvalue weighted by molar-refractivity contribution is 7.22. The lowest BCUT2D eigenvalue weighted by molar-refractivity contribution is 0.0230. The van der Waals surface area contributed by atoms with Gasteiger partial charge in [-0.3, -0.25) is 0 Å². The molecule has 1 aliphatic rings. The Bertz CT molecular complexity index is 1360. The first kappa shape index (κ1) is 19.4. The summed E-state index contributed by atoms with van der Waals surface area (Å²) in [6.07, 6.45) is -0.332. The molecule has 9 heteroatoms. The van der Waals surface area contributed by atoms with E-state index in [4.69, 9.17) is 18.6 Å². The molecule has 0 amide bonds. The van der Waals surface area contributed by atoms with Crippen molar-refractivity contribution in [2.75, 3.05) is 32.2 Å². The van der Waals surface area contributed by atoms with Gasteiger partial charge in [0.2, 0.25) is 0 Å². The molecular formula is C22H18N2O6S. The van der Waals surface area contributed by atoms with Gasteiger partial charge in [0.25, 0.3) is 0 Å². The number of rotatable bonds is 5. The van der Waals surface area contributed by atoms with Crippen LogP contribution in [0, 0.1) is 0 Å². The fourth-order valence-electron chi connectivity index (χ4n) is 3.52. The summed E-state index contributed by atoms with van der Waals surface area (Å²) >= 11 is 1.55. The van der Waals surface area contributed by atoms with E-state index in [2.05, 4.69) is 4.98 Å². The van der Waals surface area contributed by atoms with E-state index in [1.54, 1.807) is 36.6 Å². The molecule has 0 N–H and O–H groups in total. The van der Waals surface area contributed by atoms with Gasteiger partial charge in [0.1, 0.15) is 22.9 Å². The number of hydrogen-bond acceptors (Lipinski definition) is 9. The van der Waals surface area contributed by atoms with E-state index >= 15 is 0 Å². The van der Waals surface area contributed by atoms with Gasteiger partial charge in [0, 0.05) is 5.39 Å². The molecule has 2 aromatic carbocycles. The summed E-state index contributed by atoms with van der Waals surface area (Å²) in [4.78, 5) is 31.6. The minimum Gasteiger partial charge on any atom is -0.494 e. The molecule has 4 aromatic rings. The summed E-state index contributed by atoms with van der Waals surface area (Å²) in [5, 5.41) is 1.42. The van der Waals surface area contributed by atoms with Crippen LogP contribution in [0.15, 0.2) is 51.7 Å². The maximum atomic E-state index is 12.6. The molecule has 3 heterocycles. The maximum absolute atomic E-state index is 12.6. The molecule has 2 aromatic heterocycles. The topological polar surface area (TPSA) is 91.1 Å². The van der Waals surface area contributed by atoms with Crippen LogP contribution in [0.3, 0.4) is 0 Å². The molecule has 0 saturated carbocycles. The Morgan fingerprint density at radius 3 is 2.65 bits per heavy atom. The van der Waals surface area contributed by atoms with E-state index in [0.29, 0.717) is 29.8 Å². The van der Waals surface area contributed by atoms with Gasteiger partial charge in [0.05, 0.1) is 32.0 Å². The van der Waals surface area contributed by atoms with Crippen molar-refractivity contribution in [1.82, 2.24) is 4.98 Å². The van der Waals surface area contributed by atoms with E-state index in [1.807, 2.05) is 23.1 Å². The number of aromatic nitrogens is 1. The molecule has 0 radical (unpaired) electrons. The first-order valence-electron chi connectivity index (χ1n) is 9.57. The van der Waals surface area contributed by atoms with Gasteiger partial charge < -0.3 is 23.5 Å². The highest BCUT2D eigenvalue weighted by Crippen LogP contribution is 2.36. The van der Waals surface area contributed by atoms with E-state index < -0.39 is 11.6 Å². The lowest BCUT2D eigenvalue weighted by Gasteiger charge is -2.38. The normalized spacial score (nSPS) is 13.9. The third-order valence-corrected chi connectivity index (χ3v) is 6.23. The number of hydrogen-bond donors (Lipinski definition) is 0. The van der Waals surface area contributed by atoms with Crippen molar-refractivity contribution in [3.05, 3.63) is 58.4 Å². The molecule has 1 saturated heterocycles. The highest BCUT2D eigenvalue weighted by Gasteiger charge is 2.33. The number of para-hydroxylation sites is 2. The summed E-state index contributed by atoms with van der Waals surface area (Å²) in [6, 6.07) is 12.4. The van der Waals surface area contributed by atoms with Crippen molar-refractivity contribution in [2.45, 2.75) is 6.10 Å². The lowest BCUT2D eigenvalue weighted by Crippen LogP contribution is -2.53. The zero-order valence-corrected chi connectivity index (χ0v) is 17.6. The zero-order chi connectivity index (χ0) is 21.5. The Morgan fingerprint density at radius 1 is 1.13 bits per heavy atom. The van der Waals surface area contributed by atoms with Gasteiger partial charge in [-0.05, 0) is 24.3 Å². The molecule has 0 aliphatic carbocycles.